The van der Waals surface area contributed by atoms with Crippen molar-refractivity contribution in [1.29, 1.82) is 0 Å². The average molecular weight is 402 g/mol. The number of nitrogens with zero attached hydrogens (tertiary/aromatic N) is 2. The summed E-state index contributed by atoms with van der Waals surface area (Å²) in [6.45, 7) is 0. The second-order valence-corrected chi connectivity index (χ2v) is 7.06. The summed E-state index contributed by atoms with van der Waals surface area (Å²) in [4.78, 5) is 33.1. The molecule has 7 nitrogen and oxygen atoms in total. The maximum atomic E-state index is 13.4. The van der Waals surface area contributed by atoms with Gasteiger partial charge in [-0.15, -0.1) is 0 Å². The summed E-state index contributed by atoms with van der Waals surface area (Å²) in [5.41, 5.74) is 1.59. The zero-order valence-corrected chi connectivity index (χ0v) is 16.4. The number of amides is 2. The highest BCUT2D eigenvalue weighted by Crippen LogP contribution is 2.39. The monoisotopic (exact) mass is 402 g/mol. The lowest BCUT2D eigenvalue weighted by Gasteiger charge is -2.18. The van der Waals surface area contributed by atoms with Crippen LogP contribution in [0.3, 0.4) is 0 Å². The Bertz CT molecular complexity index is 1210. The molecule has 2 aliphatic rings. The number of hydrogen-bond acceptors (Lipinski definition) is 6. The SMILES string of the molecule is COc1ccc(C2=NOC3C(=O)N(c4cccc5ccccc45)C(=O)C23)cc1OC. The van der Waals surface area contributed by atoms with Gasteiger partial charge in [-0.25, -0.2) is 4.90 Å². The standard InChI is InChI=1S/C23H18N2O5/c1-28-17-11-10-14(12-18(17)29-2)20-19-21(30-24-20)23(27)25(22(19)26)16-9-5-7-13-6-3-4-8-15(13)16/h3-12,19,21H,1-2H3. The first-order valence-corrected chi connectivity index (χ1v) is 9.45. The summed E-state index contributed by atoms with van der Waals surface area (Å²) < 4.78 is 10.6. The number of hydrogen-bond donors (Lipinski definition) is 0. The number of methoxy groups -OCH3 is 2. The van der Waals surface area contributed by atoms with Crippen molar-refractivity contribution in [3.05, 3.63) is 66.2 Å². The second kappa shape index (κ2) is 6.88. The molecule has 1 saturated heterocycles. The van der Waals surface area contributed by atoms with E-state index in [0.29, 0.717) is 28.5 Å². The van der Waals surface area contributed by atoms with Crippen molar-refractivity contribution in [3.63, 3.8) is 0 Å². The topological polar surface area (TPSA) is 77.4 Å². The Morgan fingerprint density at radius 3 is 2.47 bits per heavy atom. The number of fused-ring (bicyclic) bond motifs is 2. The Morgan fingerprint density at radius 1 is 0.900 bits per heavy atom. The van der Waals surface area contributed by atoms with Crippen molar-refractivity contribution >= 4 is 34.0 Å². The van der Waals surface area contributed by atoms with Gasteiger partial charge in [0.05, 0.1) is 19.9 Å². The highest BCUT2D eigenvalue weighted by atomic mass is 16.7. The molecular weight excluding hydrogens is 384 g/mol. The van der Waals surface area contributed by atoms with Gasteiger partial charge in [-0.1, -0.05) is 41.6 Å². The van der Waals surface area contributed by atoms with Crippen LogP contribution in [-0.4, -0.2) is 37.8 Å². The second-order valence-electron chi connectivity index (χ2n) is 7.06. The Morgan fingerprint density at radius 2 is 1.67 bits per heavy atom. The van der Waals surface area contributed by atoms with Crippen LogP contribution in [-0.2, 0) is 14.4 Å². The predicted octanol–water partition coefficient (Wildman–Crippen LogP) is 3.15. The zero-order chi connectivity index (χ0) is 20.8. The molecule has 0 saturated carbocycles. The Kier molecular flexibility index (Phi) is 4.17. The molecule has 2 amide bonds. The van der Waals surface area contributed by atoms with Gasteiger partial charge >= 0.3 is 0 Å². The molecular formula is C23H18N2O5. The summed E-state index contributed by atoms with van der Waals surface area (Å²) in [7, 11) is 3.08. The van der Waals surface area contributed by atoms with Gasteiger partial charge in [0.2, 0.25) is 12.0 Å². The molecule has 3 aromatic rings. The van der Waals surface area contributed by atoms with E-state index in [1.165, 1.54) is 12.0 Å². The van der Waals surface area contributed by atoms with Crippen LogP contribution in [0.1, 0.15) is 5.56 Å². The van der Waals surface area contributed by atoms with Crippen molar-refractivity contribution in [2.75, 3.05) is 19.1 Å². The van der Waals surface area contributed by atoms with E-state index in [1.54, 1.807) is 31.4 Å². The minimum atomic E-state index is -0.973. The maximum absolute atomic E-state index is 13.4. The zero-order valence-electron chi connectivity index (χ0n) is 16.4. The highest BCUT2D eigenvalue weighted by molar-refractivity contribution is 6.33. The van der Waals surface area contributed by atoms with Crippen LogP contribution in [0, 0.1) is 5.92 Å². The summed E-state index contributed by atoms with van der Waals surface area (Å²) in [5, 5.41) is 5.84. The first kappa shape index (κ1) is 18.2. The number of oxime groups is 1. The number of rotatable bonds is 4. The summed E-state index contributed by atoms with van der Waals surface area (Å²) in [6.07, 6.45) is -0.973. The molecule has 2 heterocycles. The molecule has 0 bridgehead atoms. The van der Waals surface area contributed by atoms with Crippen LogP contribution >= 0.6 is 0 Å². The first-order valence-electron chi connectivity index (χ1n) is 9.45. The van der Waals surface area contributed by atoms with E-state index < -0.39 is 17.9 Å². The summed E-state index contributed by atoms with van der Waals surface area (Å²) in [6, 6.07) is 18.4. The third kappa shape index (κ3) is 2.55. The lowest BCUT2D eigenvalue weighted by atomic mass is 9.94. The van der Waals surface area contributed by atoms with E-state index >= 15 is 0 Å². The van der Waals surface area contributed by atoms with Crippen molar-refractivity contribution < 1.29 is 23.9 Å². The lowest BCUT2D eigenvalue weighted by molar-refractivity contribution is -0.126. The Hall–Kier alpha value is -3.87. The minimum Gasteiger partial charge on any atom is -0.493 e. The molecule has 5 rings (SSSR count). The molecule has 3 aromatic carbocycles. The predicted molar refractivity (Wildman–Crippen MR) is 111 cm³/mol. The van der Waals surface area contributed by atoms with Crippen molar-refractivity contribution in [2.24, 2.45) is 11.1 Å². The van der Waals surface area contributed by atoms with Gasteiger partial charge in [0.15, 0.2) is 11.5 Å². The number of imide groups is 1. The van der Waals surface area contributed by atoms with Crippen LogP contribution in [0.5, 0.6) is 11.5 Å². The minimum absolute atomic E-state index is 0.354. The van der Waals surface area contributed by atoms with Crippen molar-refractivity contribution in [3.8, 4) is 11.5 Å². The lowest BCUT2D eigenvalue weighted by Crippen LogP contribution is -2.33. The fourth-order valence-electron chi connectivity index (χ4n) is 4.05. The molecule has 0 aliphatic carbocycles. The fourth-order valence-corrected chi connectivity index (χ4v) is 4.05. The molecule has 7 heteroatoms. The van der Waals surface area contributed by atoms with Gasteiger partial charge in [-0.05, 0) is 29.7 Å². The largest absolute Gasteiger partial charge is 0.493 e. The quantitative estimate of drug-likeness (QED) is 0.627. The molecule has 150 valence electrons. The molecule has 2 atom stereocenters. The number of carbonyl (C=O) groups is 2. The van der Waals surface area contributed by atoms with Crippen LogP contribution < -0.4 is 14.4 Å². The molecule has 1 fully saturated rings. The van der Waals surface area contributed by atoms with Gasteiger partial charge in [-0.3, -0.25) is 9.59 Å². The van der Waals surface area contributed by atoms with E-state index in [2.05, 4.69) is 5.16 Å². The van der Waals surface area contributed by atoms with Crippen molar-refractivity contribution in [2.45, 2.75) is 6.10 Å². The van der Waals surface area contributed by atoms with E-state index in [1.807, 2.05) is 36.4 Å². The van der Waals surface area contributed by atoms with E-state index in [4.69, 9.17) is 14.3 Å². The van der Waals surface area contributed by atoms with Crippen LogP contribution in [0.4, 0.5) is 5.69 Å². The van der Waals surface area contributed by atoms with Crippen molar-refractivity contribution in [1.82, 2.24) is 0 Å². The van der Waals surface area contributed by atoms with Gasteiger partial charge in [-0.2, -0.15) is 0 Å². The number of carbonyl (C=O) groups excluding carboxylic acids is 2. The van der Waals surface area contributed by atoms with E-state index in [0.717, 1.165) is 10.8 Å². The van der Waals surface area contributed by atoms with Crippen LogP contribution in [0.15, 0.2) is 65.8 Å². The third-order valence-electron chi connectivity index (χ3n) is 5.50. The first-order chi connectivity index (χ1) is 14.6. The summed E-state index contributed by atoms with van der Waals surface area (Å²) in [5.74, 6) is -0.519. The molecule has 2 unspecified atom stereocenters. The molecule has 0 spiro atoms. The van der Waals surface area contributed by atoms with Crippen LogP contribution in [0.25, 0.3) is 10.8 Å². The average Bonchev–Trinajstić information content (AvgIpc) is 3.33. The number of benzene rings is 3. The molecule has 0 N–H and O–H groups in total. The number of ether oxygens (including phenoxy) is 2. The highest BCUT2D eigenvalue weighted by Gasteiger charge is 2.56. The molecule has 0 radical (unpaired) electrons. The van der Waals surface area contributed by atoms with E-state index in [9.17, 15) is 9.59 Å². The normalized spacial score (nSPS) is 20.2. The summed E-state index contributed by atoms with van der Waals surface area (Å²) >= 11 is 0. The van der Waals surface area contributed by atoms with E-state index in [-0.39, 0.29) is 5.91 Å². The Balaban J connectivity index is 1.55. The smallest absolute Gasteiger partial charge is 0.278 e. The van der Waals surface area contributed by atoms with Crippen LogP contribution in [0.2, 0.25) is 0 Å². The molecule has 2 aliphatic heterocycles. The maximum Gasteiger partial charge on any atom is 0.278 e. The molecule has 0 aromatic heterocycles. The number of anilines is 1. The Labute approximate surface area is 172 Å². The van der Waals surface area contributed by atoms with Gasteiger partial charge in [0.25, 0.3) is 5.91 Å². The van der Waals surface area contributed by atoms with Gasteiger partial charge in [0, 0.05) is 10.9 Å². The van der Waals surface area contributed by atoms with Gasteiger partial charge in [0.1, 0.15) is 11.6 Å². The van der Waals surface area contributed by atoms with Gasteiger partial charge < -0.3 is 14.3 Å². The fraction of sp³-hybridized carbons (Fsp3) is 0.174. The molecule has 30 heavy (non-hydrogen) atoms. The third-order valence-corrected chi connectivity index (χ3v) is 5.50.